The summed E-state index contributed by atoms with van der Waals surface area (Å²) in [7, 11) is 2.19. The van der Waals surface area contributed by atoms with Crippen molar-refractivity contribution in [2.45, 2.75) is 32.2 Å². The molecule has 2 atom stereocenters. The second-order valence-corrected chi connectivity index (χ2v) is 6.00. The smallest absolute Gasteiger partial charge is 0.270 e. The maximum Gasteiger partial charge on any atom is 0.270 e. The highest BCUT2D eigenvalue weighted by Gasteiger charge is 2.35. The fourth-order valence-corrected chi connectivity index (χ4v) is 3.42. The Balaban J connectivity index is 1.76. The molecule has 0 aliphatic carbocycles. The maximum absolute atomic E-state index is 12.6. The highest BCUT2D eigenvalue weighted by Crippen LogP contribution is 2.27. The number of likely N-dealkylation sites (N-methyl/N-ethyl adjacent to an activating group) is 1. The molecule has 4 rings (SSSR count). The summed E-state index contributed by atoms with van der Waals surface area (Å²) in [6.07, 6.45) is 3.45. The fourth-order valence-electron chi connectivity index (χ4n) is 3.42. The number of hydrogen-bond acceptors (Lipinski definition) is 2. The van der Waals surface area contributed by atoms with Crippen molar-refractivity contribution in [3.05, 3.63) is 23.5 Å². The highest BCUT2D eigenvalue weighted by atomic mass is 16.2. The van der Waals surface area contributed by atoms with E-state index in [0.29, 0.717) is 12.0 Å². The summed E-state index contributed by atoms with van der Waals surface area (Å²) in [5, 5.41) is 0. The lowest BCUT2D eigenvalue weighted by Crippen LogP contribution is -2.42. The predicted molar refractivity (Wildman–Crippen MR) is 75.2 cm³/mol. The number of piperidine rings is 1. The normalized spacial score (nSPS) is 27.6. The van der Waals surface area contributed by atoms with Crippen LogP contribution in [0.2, 0.25) is 0 Å². The zero-order chi connectivity index (χ0) is 13.4. The van der Waals surface area contributed by atoms with E-state index in [9.17, 15) is 4.79 Å². The summed E-state index contributed by atoms with van der Waals surface area (Å²) >= 11 is 0. The molecule has 4 heterocycles. The molecule has 3 fully saturated rings. The predicted octanol–water partition coefficient (Wildman–Crippen LogP) is 1.74. The monoisotopic (exact) mass is 261 g/mol. The lowest BCUT2D eigenvalue weighted by Gasteiger charge is -2.32. The van der Waals surface area contributed by atoms with Crippen LogP contribution in [-0.2, 0) is 6.42 Å². The molecule has 19 heavy (non-hydrogen) atoms. The zero-order valence-corrected chi connectivity index (χ0v) is 11.9. The molecule has 4 heteroatoms. The van der Waals surface area contributed by atoms with Crippen molar-refractivity contribution >= 4 is 5.91 Å². The number of carbonyl (C=O) groups excluding carboxylic acids is 1. The second kappa shape index (κ2) is 5.00. The van der Waals surface area contributed by atoms with Crippen molar-refractivity contribution in [2.75, 3.05) is 26.7 Å². The molecule has 3 saturated heterocycles. The summed E-state index contributed by atoms with van der Waals surface area (Å²) in [5.41, 5.74) is 1.89. The van der Waals surface area contributed by atoms with Gasteiger partial charge in [-0.3, -0.25) is 4.79 Å². The molecule has 0 saturated carbocycles. The van der Waals surface area contributed by atoms with Crippen LogP contribution in [0.4, 0.5) is 0 Å². The Labute approximate surface area is 114 Å². The number of hydrogen-bond donors (Lipinski definition) is 1. The first-order chi connectivity index (χ1) is 9.17. The van der Waals surface area contributed by atoms with Crippen molar-refractivity contribution in [1.82, 2.24) is 14.8 Å². The molecule has 0 aromatic carbocycles. The van der Waals surface area contributed by atoms with Gasteiger partial charge in [0.05, 0.1) is 0 Å². The molecule has 4 nitrogen and oxygen atoms in total. The second-order valence-electron chi connectivity index (χ2n) is 6.00. The van der Waals surface area contributed by atoms with Gasteiger partial charge in [-0.05, 0) is 44.4 Å². The number of fused-ring (bicyclic) bond motifs is 4. The average molecular weight is 261 g/mol. The summed E-state index contributed by atoms with van der Waals surface area (Å²) in [5.74, 6) is 0.820. The minimum absolute atomic E-state index is 0.173. The fraction of sp³-hybridized carbons (Fsp3) is 0.667. The molecule has 1 amide bonds. The molecule has 2 bridgehead atoms. The van der Waals surface area contributed by atoms with E-state index in [1.54, 1.807) is 0 Å². The zero-order valence-electron chi connectivity index (χ0n) is 11.9. The van der Waals surface area contributed by atoms with Crippen LogP contribution in [0, 0.1) is 5.92 Å². The van der Waals surface area contributed by atoms with E-state index in [1.165, 1.54) is 12.8 Å². The minimum atomic E-state index is 0.173. The Hall–Kier alpha value is -1.29. The van der Waals surface area contributed by atoms with Crippen molar-refractivity contribution in [3.8, 4) is 0 Å². The number of H-pyrrole nitrogens is 1. The number of aryl methyl sites for hydroxylation is 1. The van der Waals surface area contributed by atoms with Gasteiger partial charge in [-0.25, -0.2) is 0 Å². The topological polar surface area (TPSA) is 39.3 Å². The van der Waals surface area contributed by atoms with Gasteiger partial charge in [0, 0.05) is 31.4 Å². The van der Waals surface area contributed by atoms with E-state index >= 15 is 0 Å². The van der Waals surface area contributed by atoms with E-state index in [-0.39, 0.29) is 5.91 Å². The minimum Gasteiger partial charge on any atom is -0.354 e. The molecule has 1 aromatic heterocycles. The number of nitrogens with one attached hydrogen (secondary N) is 1. The molecule has 0 spiro atoms. The van der Waals surface area contributed by atoms with Crippen molar-refractivity contribution in [1.29, 1.82) is 0 Å². The van der Waals surface area contributed by atoms with E-state index in [0.717, 1.165) is 37.4 Å². The number of carbonyl (C=O) groups is 1. The first-order valence-electron chi connectivity index (χ1n) is 7.34. The van der Waals surface area contributed by atoms with Gasteiger partial charge < -0.3 is 14.8 Å². The Morgan fingerprint density at radius 3 is 2.84 bits per heavy atom. The van der Waals surface area contributed by atoms with Crippen molar-refractivity contribution in [3.63, 3.8) is 0 Å². The van der Waals surface area contributed by atoms with Gasteiger partial charge in [-0.1, -0.05) is 6.92 Å². The summed E-state index contributed by atoms with van der Waals surface area (Å²) in [6, 6.07) is 4.49. The number of aromatic amines is 1. The van der Waals surface area contributed by atoms with E-state index < -0.39 is 0 Å². The third-order valence-corrected chi connectivity index (χ3v) is 4.63. The SMILES string of the molecule is CCc1ccc(C(=O)N2C[C@@H]3CC[C@H](C2)N(C)C3)[nH]1. The van der Waals surface area contributed by atoms with Crippen LogP contribution in [0.5, 0.6) is 0 Å². The Bertz CT molecular complexity index is 468. The van der Waals surface area contributed by atoms with Crippen molar-refractivity contribution < 1.29 is 4.79 Å². The van der Waals surface area contributed by atoms with Gasteiger partial charge in [0.2, 0.25) is 0 Å². The summed E-state index contributed by atoms with van der Waals surface area (Å²) < 4.78 is 0. The van der Waals surface area contributed by atoms with Crippen LogP contribution in [-0.4, -0.2) is 53.4 Å². The first kappa shape index (κ1) is 12.7. The van der Waals surface area contributed by atoms with Gasteiger partial charge in [0.1, 0.15) is 5.69 Å². The van der Waals surface area contributed by atoms with Gasteiger partial charge in [0.15, 0.2) is 0 Å². The van der Waals surface area contributed by atoms with Gasteiger partial charge >= 0.3 is 0 Å². The quantitative estimate of drug-likeness (QED) is 0.881. The largest absolute Gasteiger partial charge is 0.354 e. The van der Waals surface area contributed by atoms with Crippen molar-refractivity contribution in [2.24, 2.45) is 5.92 Å². The van der Waals surface area contributed by atoms with Crippen LogP contribution in [0.25, 0.3) is 0 Å². The lowest BCUT2D eigenvalue weighted by atomic mass is 9.96. The van der Waals surface area contributed by atoms with Crippen LogP contribution < -0.4 is 0 Å². The molecule has 3 aliphatic heterocycles. The third kappa shape index (κ3) is 2.41. The third-order valence-electron chi connectivity index (χ3n) is 4.63. The van der Waals surface area contributed by atoms with Crippen LogP contribution in [0.15, 0.2) is 12.1 Å². The van der Waals surface area contributed by atoms with Crippen LogP contribution in [0.3, 0.4) is 0 Å². The lowest BCUT2D eigenvalue weighted by molar-refractivity contribution is 0.0737. The maximum atomic E-state index is 12.6. The van der Waals surface area contributed by atoms with Crippen LogP contribution >= 0.6 is 0 Å². The highest BCUT2D eigenvalue weighted by molar-refractivity contribution is 5.92. The Morgan fingerprint density at radius 1 is 1.32 bits per heavy atom. The molecule has 0 unspecified atom stereocenters. The molecule has 1 aromatic rings. The molecule has 3 aliphatic rings. The number of nitrogens with zero attached hydrogens (tertiary/aromatic N) is 2. The number of aromatic nitrogens is 1. The molecule has 0 radical (unpaired) electrons. The molecule has 104 valence electrons. The summed E-state index contributed by atoms with van der Waals surface area (Å²) in [6.45, 7) is 5.03. The van der Waals surface area contributed by atoms with E-state index in [2.05, 4.69) is 28.8 Å². The Morgan fingerprint density at radius 2 is 2.16 bits per heavy atom. The standard InChI is InChI=1S/C15H23N3O/c1-3-12-5-7-14(16-12)15(19)18-9-11-4-6-13(10-18)17(2)8-11/h5,7,11,13,16H,3-4,6,8-10H2,1-2H3/t11-,13-/m1/s1. The van der Waals surface area contributed by atoms with Gasteiger partial charge in [0.25, 0.3) is 5.91 Å². The van der Waals surface area contributed by atoms with E-state index in [1.807, 2.05) is 12.1 Å². The molecular weight excluding hydrogens is 238 g/mol. The summed E-state index contributed by atoms with van der Waals surface area (Å²) in [4.78, 5) is 20.3. The van der Waals surface area contributed by atoms with Crippen LogP contribution in [0.1, 0.15) is 35.9 Å². The number of rotatable bonds is 2. The molecule has 1 N–H and O–H groups in total. The van der Waals surface area contributed by atoms with Gasteiger partial charge in [-0.2, -0.15) is 0 Å². The van der Waals surface area contributed by atoms with E-state index in [4.69, 9.17) is 0 Å². The number of amides is 1. The average Bonchev–Trinajstić information content (AvgIpc) is 2.72. The first-order valence-corrected chi connectivity index (χ1v) is 7.34. The Kier molecular flexibility index (Phi) is 3.35. The van der Waals surface area contributed by atoms with Gasteiger partial charge in [-0.15, -0.1) is 0 Å². The molecular formula is C15H23N3O.